The molecule has 3 unspecified atom stereocenters. The van der Waals surface area contributed by atoms with Gasteiger partial charge in [-0.2, -0.15) is 0 Å². The van der Waals surface area contributed by atoms with Crippen molar-refractivity contribution in [3.8, 4) is 0 Å². The van der Waals surface area contributed by atoms with E-state index in [4.69, 9.17) is 5.73 Å². The summed E-state index contributed by atoms with van der Waals surface area (Å²) in [6.45, 7) is 3.68. The van der Waals surface area contributed by atoms with Gasteiger partial charge < -0.3 is 10.6 Å². The summed E-state index contributed by atoms with van der Waals surface area (Å²) in [6.07, 6.45) is 3.06. The topological polar surface area (TPSA) is 46.3 Å². The molecule has 1 fully saturated rings. The van der Waals surface area contributed by atoms with Crippen LogP contribution in [0.15, 0.2) is 24.3 Å². The second kappa shape index (κ2) is 4.97. The monoisotopic (exact) mass is 258 g/mol. The molecule has 3 heteroatoms. The van der Waals surface area contributed by atoms with Gasteiger partial charge in [0.05, 0.1) is 5.92 Å². The molecule has 102 valence electrons. The minimum atomic E-state index is 0.0789. The summed E-state index contributed by atoms with van der Waals surface area (Å²) in [6, 6.07) is 8.72. The summed E-state index contributed by atoms with van der Waals surface area (Å²) in [5.41, 5.74) is 8.35. The summed E-state index contributed by atoms with van der Waals surface area (Å²) in [4.78, 5) is 14.8. The molecular weight excluding hydrogens is 236 g/mol. The molecule has 2 N–H and O–H groups in total. The Morgan fingerprint density at radius 3 is 2.95 bits per heavy atom. The van der Waals surface area contributed by atoms with Crippen LogP contribution >= 0.6 is 0 Å². The highest BCUT2D eigenvalue weighted by Gasteiger charge is 2.37. The number of benzene rings is 1. The van der Waals surface area contributed by atoms with Gasteiger partial charge in [0.1, 0.15) is 0 Å². The molecule has 0 spiro atoms. The van der Waals surface area contributed by atoms with Crippen molar-refractivity contribution in [1.82, 2.24) is 4.90 Å². The van der Waals surface area contributed by atoms with Crippen molar-refractivity contribution in [2.45, 2.75) is 38.1 Å². The summed E-state index contributed by atoms with van der Waals surface area (Å²) < 4.78 is 0. The zero-order valence-electron chi connectivity index (χ0n) is 11.5. The first-order chi connectivity index (χ1) is 9.20. The van der Waals surface area contributed by atoms with Crippen LogP contribution in [-0.2, 0) is 11.2 Å². The molecule has 2 aliphatic rings. The second-order valence-corrected chi connectivity index (χ2v) is 5.97. The second-order valence-electron chi connectivity index (χ2n) is 5.97. The zero-order chi connectivity index (χ0) is 13.4. The fourth-order valence-electron chi connectivity index (χ4n) is 3.63. The largest absolute Gasteiger partial charge is 0.339 e. The summed E-state index contributed by atoms with van der Waals surface area (Å²) in [7, 11) is 0. The van der Waals surface area contributed by atoms with Crippen LogP contribution in [0.3, 0.4) is 0 Å². The molecule has 1 heterocycles. The molecule has 0 aromatic heterocycles. The van der Waals surface area contributed by atoms with Crippen molar-refractivity contribution in [2.75, 3.05) is 13.1 Å². The number of fused-ring (bicyclic) bond motifs is 1. The maximum Gasteiger partial charge on any atom is 0.230 e. The molecule has 3 rings (SSSR count). The van der Waals surface area contributed by atoms with Crippen LogP contribution in [0, 0.1) is 5.92 Å². The van der Waals surface area contributed by atoms with Gasteiger partial charge in [0.15, 0.2) is 0 Å². The number of likely N-dealkylation sites (tertiary alicyclic amines) is 1. The SMILES string of the molecule is CC1CC(CN)CN1C(=O)C1CCc2ccccc21. The van der Waals surface area contributed by atoms with Gasteiger partial charge in [-0.05, 0) is 49.8 Å². The number of carbonyl (C=O) groups excluding carboxylic acids is 1. The third-order valence-electron chi connectivity index (χ3n) is 4.71. The lowest BCUT2D eigenvalue weighted by atomic mass is 9.99. The summed E-state index contributed by atoms with van der Waals surface area (Å²) in [5.74, 6) is 0.874. The third kappa shape index (κ3) is 2.16. The highest BCUT2D eigenvalue weighted by atomic mass is 16.2. The lowest BCUT2D eigenvalue weighted by Crippen LogP contribution is -2.37. The van der Waals surface area contributed by atoms with Gasteiger partial charge in [-0.25, -0.2) is 0 Å². The standard InChI is InChI=1S/C16H22N2O/c1-11-8-12(9-17)10-18(11)16(19)15-7-6-13-4-2-3-5-14(13)15/h2-5,11-12,15H,6-10,17H2,1H3. The van der Waals surface area contributed by atoms with Crippen LogP contribution in [0.2, 0.25) is 0 Å². The Labute approximate surface area is 114 Å². The van der Waals surface area contributed by atoms with E-state index in [1.807, 2.05) is 6.07 Å². The number of hydrogen-bond donors (Lipinski definition) is 1. The predicted molar refractivity (Wildman–Crippen MR) is 75.8 cm³/mol. The average molecular weight is 258 g/mol. The number of aryl methyl sites for hydroxylation is 1. The van der Waals surface area contributed by atoms with E-state index >= 15 is 0 Å². The summed E-state index contributed by atoms with van der Waals surface area (Å²) >= 11 is 0. The number of amides is 1. The molecule has 1 aromatic carbocycles. The van der Waals surface area contributed by atoms with Crippen LogP contribution in [0.25, 0.3) is 0 Å². The van der Waals surface area contributed by atoms with E-state index in [0.717, 1.165) is 25.8 Å². The molecule has 1 saturated heterocycles. The molecule has 0 radical (unpaired) electrons. The smallest absolute Gasteiger partial charge is 0.230 e. The number of nitrogens with two attached hydrogens (primary N) is 1. The lowest BCUT2D eigenvalue weighted by molar-refractivity contribution is -0.133. The number of carbonyl (C=O) groups is 1. The Balaban J connectivity index is 1.79. The maximum absolute atomic E-state index is 12.8. The molecule has 0 saturated carbocycles. The van der Waals surface area contributed by atoms with Crippen molar-refractivity contribution in [3.63, 3.8) is 0 Å². The minimum absolute atomic E-state index is 0.0789. The first-order valence-corrected chi connectivity index (χ1v) is 7.29. The minimum Gasteiger partial charge on any atom is -0.339 e. The Hall–Kier alpha value is -1.35. The van der Waals surface area contributed by atoms with Crippen LogP contribution < -0.4 is 5.73 Å². The fourth-order valence-corrected chi connectivity index (χ4v) is 3.63. The van der Waals surface area contributed by atoms with Crippen molar-refractivity contribution >= 4 is 5.91 Å². The first-order valence-electron chi connectivity index (χ1n) is 7.29. The van der Waals surface area contributed by atoms with Crippen molar-refractivity contribution in [1.29, 1.82) is 0 Å². The first kappa shape index (κ1) is 12.7. The highest BCUT2D eigenvalue weighted by Crippen LogP contribution is 2.36. The molecule has 1 amide bonds. The summed E-state index contributed by atoms with van der Waals surface area (Å²) in [5, 5.41) is 0. The Kier molecular flexibility index (Phi) is 3.31. The maximum atomic E-state index is 12.8. The Morgan fingerprint density at radius 1 is 1.42 bits per heavy atom. The van der Waals surface area contributed by atoms with Gasteiger partial charge in [0.2, 0.25) is 5.91 Å². The Bertz CT molecular complexity index is 485. The fraction of sp³-hybridized carbons (Fsp3) is 0.562. The Morgan fingerprint density at radius 2 is 2.21 bits per heavy atom. The van der Waals surface area contributed by atoms with Gasteiger partial charge in [-0.15, -0.1) is 0 Å². The van der Waals surface area contributed by atoms with E-state index in [2.05, 4.69) is 30.0 Å². The van der Waals surface area contributed by atoms with Crippen LogP contribution in [0.1, 0.15) is 36.8 Å². The zero-order valence-corrected chi connectivity index (χ0v) is 11.5. The van der Waals surface area contributed by atoms with Crippen LogP contribution in [-0.4, -0.2) is 29.9 Å². The van der Waals surface area contributed by atoms with Crippen molar-refractivity contribution < 1.29 is 4.79 Å². The number of rotatable bonds is 2. The molecule has 1 aliphatic carbocycles. The molecule has 3 nitrogen and oxygen atoms in total. The van der Waals surface area contributed by atoms with E-state index in [9.17, 15) is 4.79 Å². The van der Waals surface area contributed by atoms with Gasteiger partial charge >= 0.3 is 0 Å². The van der Waals surface area contributed by atoms with Gasteiger partial charge in [-0.1, -0.05) is 24.3 Å². The molecule has 1 aromatic rings. The van der Waals surface area contributed by atoms with E-state index in [1.54, 1.807) is 0 Å². The molecule has 0 bridgehead atoms. The van der Waals surface area contributed by atoms with Gasteiger partial charge in [-0.3, -0.25) is 4.79 Å². The third-order valence-corrected chi connectivity index (χ3v) is 4.71. The molecular formula is C16H22N2O. The number of nitrogens with zero attached hydrogens (tertiary/aromatic N) is 1. The number of hydrogen-bond acceptors (Lipinski definition) is 2. The molecule has 19 heavy (non-hydrogen) atoms. The molecule has 1 aliphatic heterocycles. The predicted octanol–water partition coefficient (Wildman–Crippen LogP) is 1.91. The van der Waals surface area contributed by atoms with E-state index in [0.29, 0.717) is 24.4 Å². The average Bonchev–Trinajstić information content (AvgIpc) is 3.01. The normalized spacial score (nSPS) is 29.6. The van der Waals surface area contributed by atoms with Crippen molar-refractivity contribution in [2.24, 2.45) is 11.7 Å². The molecule has 3 atom stereocenters. The van der Waals surface area contributed by atoms with E-state index in [1.165, 1.54) is 11.1 Å². The highest BCUT2D eigenvalue weighted by molar-refractivity contribution is 5.85. The van der Waals surface area contributed by atoms with Crippen molar-refractivity contribution in [3.05, 3.63) is 35.4 Å². The van der Waals surface area contributed by atoms with Crippen LogP contribution in [0.5, 0.6) is 0 Å². The quantitative estimate of drug-likeness (QED) is 0.881. The van der Waals surface area contributed by atoms with E-state index < -0.39 is 0 Å². The van der Waals surface area contributed by atoms with Crippen LogP contribution in [0.4, 0.5) is 0 Å². The van der Waals surface area contributed by atoms with E-state index in [-0.39, 0.29) is 5.92 Å². The van der Waals surface area contributed by atoms with Gasteiger partial charge in [0, 0.05) is 12.6 Å². The van der Waals surface area contributed by atoms with Gasteiger partial charge in [0.25, 0.3) is 0 Å². The lowest BCUT2D eigenvalue weighted by Gasteiger charge is -2.25.